The van der Waals surface area contributed by atoms with Crippen LogP contribution in [0.15, 0.2) is 4.79 Å². The highest BCUT2D eigenvalue weighted by atomic mass is 16.1. The van der Waals surface area contributed by atoms with Gasteiger partial charge in [0, 0.05) is 26.2 Å². The predicted octanol–water partition coefficient (Wildman–Crippen LogP) is -0.0102. The lowest BCUT2D eigenvalue weighted by atomic mass is 10.2. The van der Waals surface area contributed by atoms with E-state index in [-0.39, 0.29) is 5.56 Å². The first kappa shape index (κ1) is 11.5. The third-order valence-electron chi connectivity index (χ3n) is 2.92. The van der Waals surface area contributed by atoms with Gasteiger partial charge in [0.25, 0.3) is 5.56 Å². The molecule has 1 aliphatic rings. The number of hydrogen-bond acceptors (Lipinski definition) is 5. The third kappa shape index (κ3) is 2.23. The highest BCUT2D eigenvalue weighted by Gasteiger charge is 2.20. The summed E-state index contributed by atoms with van der Waals surface area (Å²) in [5, 5.41) is 8.77. The molecule has 0 amide bonds. The third-order valence-corrected chi connectivity index (χ3v) is 2.92. The highest BCUT2D eigenvalue weighted by Crippen LogP contribution is 2.14. The van der Waals surface area contributed by atoms with Crippen LogP contribution in [0, 0.1) is 25.3 Å². The summed E-state index contributed by atoms with van der Waals surface area (Å²) in [6.45, 7) is 6.29. The number of hydrogen-bond donors (Lipinski definition) is 1. The van der Waals surface area contributed by atoms with E-state index in [1.807, 2.05) is 11.8 Å². The zero-order chi connectivity index (χ0) is 12.4. The van der Waals surface area contributed by atoms with Gasteiger partial charge in [-0.1, -0.05) is 0 Å². The van der Waals surface area contributed by atoms with Crippen LogP contribution in [0.2, 0.25) is 0 Å². The SMILES string of the molecule is Cc1nc(C)c(N2CCN(C#N)CC2)c(=O)[nH]1. The number of aryl methyl sites for hydroxylation is 2. The minimum Gasteiger partial charge on any atom is -0.362 e. The lowest BCUT2D eigenvalue weighted by Crippen LogP contribution is -2.46. The van der Waals surface area contributed by atoms with Crippen molar-refractivity contribution in [2.75, 3.05) is 31.1 Å². The molecule has 2 heterocycles. The molecule has 1 fully saturated rings. The standard InChI is InChI=1S/C11H15N5O/c1-8-10(11(17)14-9(2)13-8)16-5-3-15(7-12)4-6-16/h3-6H2,1-2H3,(H,13,14,17). The Bertz CT molecular complexity index is 508. The minimum absolute atomic E-state index is 0.0968. The maximum Gasteiger partial charge on any atom is 0.274 e. The van der Waals surface area contributed by atoms with Gasteiger partial charge in [0.2, 0.25) is 0 Å². The Morgan fingerprint density at radius 3 is 2.47 bits per heavy atom. The molecule has 0 unspecified atom stereocenters. The Morgan fingerprint density at radius 2 is 1.94 bits per heavy atom. The van der Waals surface area contributed by atoms with Crippen molar-refractivity contribution in [2.24, 2.45) is 0 Å². The molecule has 90 valence electrons. The fourth-order valence-corrected chi connectivity index (χ4v) is 2.12. The van der Waals surface area contributed by atoms with E-state index in [0.717, 1.165) is 5.69 Å². The Hall–Kier alpha value is -2.03. The van der Waals surface area contributed by atoms with Crippen LogP contribution in [0.25, 0.3) is 0 Å². The fraction of sp³-hybridized carbons (Fsp3) is 0.545. The molecule has 0 atom stereocenters. The summed E-state index contributed by atoms with van der Waals surface area (Å²) in [7, 11) is 0. The fourth-order valence-electron chi connectivity index (χ4n) is 2.12. The topological polar surface area (TPSA) is 76.0 Å². The second-order valence-electron chi connectivity index (χ2n) is 4.16. The maximum absolute atomic E-state index is 11.9. The lowest BCUT2D eigenvalue weighted by Gasteiger charge is -2.33. The molecule has 1 saturated heterocycles. The lowest BCUT2D eigenvalue weighted by molar-refractivity contribution is 0.362. The van der Waals surface area contributed by atoms with Crippen molar-refractivity contribution in [1.82, 2.24) is 14.9 Å². The summed E-state index contributed by atoms with van der Waals surface area (Å²) < 4.78 is 0. The first-order valence-corrected chi connectivity index (χ1v) is 5.59. The Kier molecular flexibility index (Phi) is 3.00. The normalized spacial score (nSPS) is 15.8. The van der Waals surface area contributed by atoms with Gasteiger partial charge in [-0.15, -0.1) is 0 Å². The molecule has 2 rings (SSSR count). The Morgan fingerprint density at radius 1 is 1.29 bits per heavy atom. The van der Waals surface area contributed by atoms with Gasteiger partial charge in [0.1, 0.15) is 11.5 Å². The van der Waals surface area contributed by atoms with E-state index in [1.165, 1.54) is 0 Å². The van der Waals surface area contributed by atoms with Gasteiger partial charge < -0.3 is 14.8 Å². The monoisotopic (exact) mass is 233 g/mol. The number of rotatable bonds is 1. The first-order valence-electron chi connectivity index (χ1n) is 5.59. The summed E-state index contributed by atoms with van der Waals surface area (Å²) >= 11 is 0. The van der Waals surface area contributed by atoms with Crippen molar-refractivity contribution in [3.05, 3.63) is 21.9 Å². The van der Waals surface area contributed by atoms with E-state index in [1.54, 1.807) is 11.8 Å². The molecule has 1 aliphatic heterocycles. The molecule has 6 heteroatoms. The zero-order valence-corrected chi connectivity index (χ0v) is 10.0. The summed E-state index contributed by atoms with van der Waals surface area (Å²) in [5.41, 5.74) is 1.28. The number of nitriles is 1. The molecule has 0 bridgehead atoms. The van der Waals surface area contributed by atoms with E-state index in [0.29, 0.717) is 37.7 Å². The van der Waals surface area contributed by atoms with Crippen LogP contribution in [0.3, 0.4) is 0 Å². The number of H-pyrrole nitrogens is 1. The molecule has 0 aromatic carbocycles. The van der Waals surface area contributed by atoms with Crippen LogP contribution in [0.5, 0.6) is 0 Å². The van der Waals surface area contributed by atoms with Crippen molar-refractivity contribution in [2.45, 2.75) is 13.8 Å². The van der Waals surface area contributed by atoms with Crippen molar-refractivity contribution >= 4 is 5.69 Å². The summed E-state index contributed by atoms with van der Waals surface area (Å²) in [6, 6.07) is 0. The molecule has 0 saturated carbocycles. The van der Waals surface area contributed by atoms with Gasteiger partial charge in [-0.2, -0.15) is 5.26 Å². The summed E-state index contributed by atoms with van der Waals surface area (Å²) in [6.07, 6.45) is 2.12. The molecule has 17 heavy (non-hydrogen) atoms. The van der Waals surface area contributed by atoms with Crippen molar-refractivity contribution in [3.63, 3.8) is 0 Å². The number of nitrogens with zero attached hydrogens (tertiary/aromatic N) is 4. The predicted molar refractivity (Wildman–Crippen MR) is 63.7 cm³/mol. The second kappa shape index (κ2) is 4.45. The molecule has 1 aromatic heterocycles. The molecule has 1 aromatic rings. The van der Waals surface area contributed by atoms with Crippen molar-refractivity contribution in [3.8, 4) is 6.19 Å². The molecule has 6 nitrogen and oxygen atoms in total. The van der Waals surface area contributed by atoms with E-state index in [9.17, 15) is 4.79 Å². The number of nitrogens with one attached hydrogen (secondary N) is 1. The van der Waals surface area contributed by atoms with Gasteiger partial charge in [0.05, 0.1) is 5.69 Å². The molecule has 0 radical (unpaired) electrons. The average Bonchev–Trinajstić information content (AvgIpc) is 2.28. The average molecular weight is 233 g/mol. The van der Waals surface area contributed by atoms with Crippen LogP contribution < -0.4 is 10.5 Å². The molecular formula is C11H15N5O. The molecule has 0 aliphatic carbocycles. The number of piperazine rings is 1. The summed E-state index contributed by atoms with van der Waals surface area (Å²) in [5.74, 6) is 0.631. The second-order valence-corrected chi connectivity index (χ2v) is 4.16. The molecule has 1 N–H and O–H groups in total. The Labute approximate surface area is 99.5 Å². The van der Waals surface area contributed by atoms with Crippen LogP contribution in [-0.2, 0) is 0 Å². The number of aromatic amines is 1. The smallest absolute Gasteiger partial charge is 0.274 e. The van der Waals surface area contributed by atoms with Crippen molar-refractivity contribution < 1.29 is 0 Å². The van der Waals surface area contributed by atoms with Crippen LogP contribution in [0.1, 0.15) is 11.5 Å². The van der Waals surface area contributed by atoms with Gasteiger partial charge >= 0.3 is 0 Å². The van der Waals surface area contributed by atoms with Crippen molar-refractivity contribution in [1.29, 1.82) is 5.26 Å². The molecule has 0 spiro atoms. The highest BCUT2D eigenvalue weighted by molar-refractivity contribution is 5.48. The number of anilines is 1. The maximum atomic E-state index is 11.9. The molecular weight excluding hydrogens is 218 g/mol. The van der Waals surface area contributed by atoms with Gasteiger partial charge in [0.15, 0.2) is 6.19 Å². The van der Waals surface area contributed by atoms with E-state index < -0.39 is 0 Å². The van der Waals surface area contributed by atoms with Crippen LogP contribution in [0.4, 0.5) is 5.69 Å². The van der Waals surface area contributed by atoms with Crippen LogP contribution in [-0.4, -0.2) is 41.0 Å². The van der Waals surface area contributed by atoms with E-state index >= 15 is 0 Å². The van der Waals surface area contributed by atoms with Crippen LogP contribution >= 0.6 is 0 Å². The van der Waals surface area contributed by atoms with E-state index in [4.69, 9.17) is 5.26 Å². The van der Waals surface area contributed by atoms with E-state index in [2.05, 4.69) is 16.2 Å². The number of aromatic nitrogens is 2. The Balaban J connectivity index is 2.25. The van der Waals surface area contributed by atoms with Gasteiger partial charge in [-0.25, -0.2) is 4.98 Å². The quantitative estimate of drug-likeness (QED) is 0.690. The van der Waals surface area contributed by atoms with Gasteiger partial charge in [-0.05, 0) is 13.8 Å². The summed E-state index contributed by atoms with van der Waals surface area (Å²) in [4.78, 5) is 22.6. The minimum atomic E-state index is -0.0968. The zero-order valence-electron chi connectivity index (χ0n) is 10.0. The van der Waals surface area contributed by atoms with Gasteiger partial charge in [-0.3, -0.25) is 4.79 Å². The largest absolute Gasteiger partial charge is 0.362 e. The first-order chi connectivity index (χ1) is 8.11.